The van der Waals surface area contributed by atoms with E-state index in [4.69, 9.17) is 20.4 Å². The molecule has 0 aliphatic heterocycles. The first-order valence-electron chi connectivity index (χ1n) is 17.7. The fraction of sp³-hybridized carbons (Fsp3) is 0.368. The average molecular weight is 778 g/mol. The number of carbonyl (C=O) groups is 4. The number of carbonyl (C=O) groups excluding carboxylic acids is 3. The minimum absolute atomic E-state index is 0.155. The van der Waals surface area contributed by atoms with E-state index < -0.39 is 35.8 Å². The summed E-state index contributed by atoms with van der Waals surface area (Å²) in [6.45, 7) is 5.95. The Hall–Kier alpha value is -6.33. The number of benzene rings is 2. The molecule has 56 heavy (non-hydrogen) atoms. The highest BCUT2D eigenvalue weighted by molar-refractivity contribution is 6.02. The van der Waals surface area contributed by atoms with Crippen LogP contribution in [0.15, 0.2) is 73.1 Å². The van der Waals surface area contributed by atoms with Gasteiger partial charge in [0, 0.05) is 53.5 Å². The standard InChI is InChI=1S/C36H41N9O4.C2HF3O2/c1-36(2,3)49-35(48)40-20-23-6-10-26(11-7-23)34(47)45(29-14-12-25(13-15-29)33-41-43-44-42-33)30(31(37)46)18-22-4-8-24(9-5-22)28-19-27-16-17-38-32(27)39-21-28;3-2(4,5)1(6)7/h4-5,8-9,12-17,19,21,23,26,30H,6-7,10-11,18,20H2,1-3H3,(H2,37,46)(H,38,39)(H,40,48)(H,41,42,43,44);(H,6,7)/t23-,26-,30-;/m0./s1. The first-order chi connectivity index (χ1) is 26.5. The lowest BCUT2D eigenvalue weighted by Gasteiger charge is -2.36. The van der Waals surface area contributed by atoms with Crippen LogP contribution in [0.2, 0.25) is 0 Å². The molecule has 5 aromatic rings. The minimum atomic E-state index is -5.08. The van der Waals surface area contributed by atoms with Gasteiger partial charge in [-0.2, -0.15) is 18.4 Å². The van der Waals surface area contributed by atoms with Crippen LogP contribution in [0.25, 0.3) is 33.5 Å². The Morgan fingerprint density at radius 1 is 0.964 bits per heavy atom. The number of aliphatic carboxylic acids is 1. The second-order valence-electron chi connectivity index (χ2n) is 14.4. The van der Waals surface area contributed by atoms with E-state index in [-0.39, 0.29) is 24.2 Å². The van der Waals surface area contributed by atoms with Crippen LogP contribution in [-0.2, 0) is 25.5 Å². The van der Waals surface area contributed by atoms with E-state index in [9.17, 15) is 27.6 Å². The normalized spacial score (nSPS) is 16.2. The number of nitrogens with two attached hydrogens (primary N) is 1. The maximum atomic E-state index is 14.4. The Labute approximate surface area is 319 Å². The van der Waals surface area contributed by atoms with Gasteiger partial charge >= 0.3 is 18.2 Å². The van der Waals surface area contributed by atoms with Crippen LogP contribution in [-0.4, -0.2) is 83.9 Å². The molecule has 3 heterocycles. The average Bonchev–Trinajstić information content (AvgIpc) is 3.87. The summed E-state index contributed by atoms with van der Waals surface area (Å²) in [5, 5.41) is 25.2. The summed E-state index contributed by atoms with van der Waals surface area (Å²) >= 11 is 0. The molecule has 1 aliphatic carbocycles. The molecule has 18 heteroatoms. The summed E-state index contributed by atoms with van der Waals surface area (Å²) in [4.78, 5) is 57.8. The van der Waals surface area contributed by atoms with Gasteiger partial charge in [0.1, 0.15) is 17.3 Å². The van der Waals surface area contributed by atoms with Crippen LogP contribution < -0.4 is 16.0 Å². The molecule has 0 spiro atoms. The number of carboxylic acids is 1. The van der Waals surface area contributed by atoms with Crippen LogP contribution in [0.3, 0.4) is 0 Å². The number of hydrogen-bond donors (Lipinski definition) is 5. The number of carboxylic acid groups (broad SMARTS) is 1. The molecule has 296 valence electrons. The van der Waals surface area contributed by atoms with Crippen molar-refractivity contribution < 1.29 is 42.2 Å². The number of aromatic nitrogens is 6. The summed E-state index contributed by atoms with van der Waals surface area (Å²) in [5.41, 5.74) is 10.4. The summed E-state index contributed by atoms with van der Waals surface area (Å²) in [6.07, 6.45) is 1.13. The Morgan fingerprint density at radius 2 is 1.61 bits per heavy atom. The van der Waals surface area contributed by atoms with Crippen LogP contribution in [0.1, 0.15) is 52.0 Å². The number of alkyl carbamates (subject to hydrolysis) is 1. The first-order valence-corrected chi connectivity index (χ1v) is 17.7. The van der Waals surface area contributed by atoms with Gasteiger partial charge in [-0.05, 0) is 105 Å². The molecule has 0 unspecified atom stereocenters. The quantitative estimate of drug-likeness (QED) is 0.115. The fourth-order valence-electron chi connectivity index (χ4n) is 6.34. The van der Waals surface area contributed by atoms with Crippen molar-refractivity contribution in [2.24, 2.45) is 17.6 Å². The van der Waals surface area contributed by atoms with Crippen molar-refractivity contribution in [1.29, 1.82) is 0 Å². The number of nitrogens with one attached hydrogen (secondary N) is 3. The number of H-pyrrole nitrogens is 2. The van der Waals surface area contributed by atoms with Crippen molar-refractivity contribution >= 4 is 40.6 Å². The molecule has 1 atom stereocenters. The molecule has 0 radical (unpaired) electrons. The van der Waals surface area contributed by atoms with Gasteiger partial charge in [-0.3, -0.25) is 14.5 Å². The molecule has 1 aliphatic rings. The van der Waals surface area contributed by atoms with E-state index in [0.29, 0.717) is 36.5 Å². The number of tetrazole rings is 1. The lowest BCUT2D eigenvalue weighted by atomic mass is 9.81. The van der Waals surface area contributed by atoms with Crippen molar-refractivity contribution in [3.8, 4) is 22.5 Å². The van der Waals surface area contributed by atoms with Crippen molar-refractivity contribution in [3.63, 3.8) is 0 Å². The molecule has 0 bridgehead atoms. The fourth-order valence-corrected chi connectivity index (χ4v) is 6.34. The number of amides is 3. The molecule has 0 saturated heterocycles. The zero-order valence-electron chi connectivity index (χ0n) is 30.8. The number of ether oxygens (including phenoxy) is 1. The molecule has 1 fully saturated rings. The van der Waals surface area contributed by atoms with Crippen molar-refractivity contribution in [2.75, 3.05) is 11.4 Å². The number of alkyl halides is 3. The maximum absolute atomic E-state index is 14.4. The van der Waals surface area contributed by atoms with Gasteiger partial charge in [-0.15, -0.1) is 10.2 Å². The van der Waals surface area contributed by atoms with Crippen molar-refractivity contribution in [3.05, 3.63) is 78.6 Å². The molecular weight excluding hydrogens is 735 g/mol. The highest BCUT2D eigenvalue weighted by atomic mass is 19.4. The SMILES string of the molecule is CC(C)(C)OC(=O)NC[C@H]1CC[C@H](C(=O)N(c2ccc(-c3nn[nH]n3)cc2)[C@@H](Cc2ccc(-c3cnc4[nH]ccc4c3)cc2)C(N)=O)CC1.O=C(O)C(F)(F)F. The number of fused-ring (bicyclic) bond motifs is 1. The lowest BCUT2D eigenvalue weighted by Crippen LogP contribution is -2.52. The Bertz CT molecular complexity index is 2110. The Morgan fingerprint density at radius 3 is 2.18 bits per heavy atom. The number of hydrogen-bond acceptors (Lipinski definition) is 9. The zero-order chi connectivity index (χ0) is 40.6. The summed E-state index contributed by atoms with van der Waals surface area (Å²) < 4.78 is 37.1. The lowest BCUT2D eigenvalue weighted by molar-refractivity contribution is -0.192. The second kappa shape index (κ2) is 17.4. The van der Waals surface area contributed by atoms with Crippen molar-refractivity contribution in [2.45, 2.75) is 70.7 Å². The van der Waals surface area contributed by atoms with Crippen molar-refractivity contribution in [1.82, 2.24) is 35.9 Å². The molecule has 1 saturated carbocycles. The highest BCUT2D eigenvalue weighted by Crippen LogP contribution is 2.33. The molecule has 6 rings (SSSR count). The Balaban J connectivity index is 0.000000784. The summed E-state index contributed by atoms with van der Waals surface area (Å²) in [6, 6.07) is 18.2. The van der Waals surface area contributed by atoms with Crippen LogP contribution in [0.5, 0.6) is 0 Å². The first kappa shape index (κ1) is 40.8. The summed E-state index contributed by atoms with van der Waals surface area (Å²) in [7, 11) is 0. The molecule has 6 N–H and O–H groups in total. The number of primary amides is 1. The van der Waals surface area contributed by atoms with E-state index in [1.54, 1.807) is 29.2 Å². The number of halogens is 3. The van der Waals surface area contributed by atoms with Gasteiger partial charge in [0.15, 0.2) is 0 Å². The third-order valence-corrected chi connectivity index (χ3v) is 9.12. The predicted molar refractivity (Wildman–Crippen MR) is 199 cm³/mol. The van der Waals surface area contributed by atoms with Gasteiger partial charge in [0.05, 0.1) is 0 Å². The third kappa shape index (κ3) is 10.9. The number of rotatable bonds is 10. The van der Waals surface area contributed by atoms with Gasteiger partial charge in [-0.25, -0.2) is 14.6 Å². The van der Waals surface area contributed by atoms with E-state index >= 15 is 0 Å². The smallest absolute Gasteiger partial charge is 0.475 e. The van der Waals surface area contributed by atoms with Crippen LogP contribution in [0.4, 0.5) is 23.7 Å². The zero-order valence-corrected chi connectivity index (χ0v) is 30.8. The van der Waals surface area contributed by atoms with E-state index in [0.717, 1.165) is 40.6 Å². The Kier molecular flexibility index (Phi) is 12.7. The predicted octanol–water partition coefficient (Wildman–Crippen LogP) is 5.80. The number of aromatic amines is 2. The highest BCUT2D eigenvalue weighted by Gasteiger charge is 2.38. The van der Waals surface area contributed by atoms with Gasteiger partial charge < -0.3 is 25.9 Å². The number of anilines is 1. The van der Waals surface area contributed by atoms with Gasteiger partial charge in [0.2, 0.25) is 17.6 Å². The van der Waals surface area contributed by atoms with Crippen LogP contribution in [0, 0.1) is 11.8 Å². The molecule has 3 aromatic heterocycles. The molecule has 3 amide bonds. The third-order valence-electron chi connectivity index (χ3n) is 9.12. The summed E-state index contributed by atoms with van der Waals surface area (Å²) in [5.74, 6) is -3.19. The number of pyridine rings is 1. The van der Waals surface area contributed by atoms with Crippen LogP contribution >= 0.6 is 0 Å². The van der Waals surface area contributed by atoms with E-state index in [1.807, 2.05) is 63.5 Å². The minimum Gasteiger partial charge on any atom is -0.475 e. The van der Waals surface area contributed by atoms with Gasteiger partial charge in [-0.1, -0.05) is 24.3 Å². The van der Waals surface area contributed by atoms with Gasteiger partial charge in [0.25, 0.3) is 0 Å². The molecule has 15 nitrogen and oxygen atoms in total. The molecule has 2 aromatic carbocycles. The van der Waals surface area contributed by atoms with E-state index in [1.165, 1.54) is 0 Å². The monoisotopic (exact) mass is 777 g/mol. The maximum Gasteiger partial charge on any atom is 0.490 e. The number of nitrogens with zero attached hydrogens (tertiary/aromatic N) is 5. The molecular formula is C38H42F3N9O6. The second-order valence-corrected chi connectivity index (χ2v) is 14.4. The van der Waals surface area contributed by atoms with E-state index in [2.05, 4.69) is 42.0 Å². The largest absolute Gasteiger partial charge is 0.490 e. The topological polar surface area (TPSA) is 222 Å².